The van der Waals surface area contributed by atoms with Gasteiger partial charge in [0.25, 0.3) is 0 Å². The van der Waals surface area contributed by atoms with Crippen molar-refractivity contribution < 1.29 is 9.53 Å². The number of rotatable bonds is 2. The van der Waals surface area contributed by atoms with Crippen LogP contribution in [0.2, 0.25) is 0 Å². The Morgan fingerprint density at radius 3 is 2.87 bits per heavy atom. The predicted octanol–water partition coefficient (Wildman–Crippen LogP) is 0.712. The van der Waals surface area contributed by atoms with Crippen LogP contribution in [0.3, 0.4) is 0 Å². The molecule has 1 aromatic rings. The minimum atomic E-state index is -0.267. The van der Waals surface area contributed by atoms with Crippen LogP contribution in [0.15, 0.2) is 24.3 Å². The third kappa shape index (κ3) is 3.45. The summed E-state index contributed by atoms with van der Waals surface area (Å²) in [6.45, 7) is 0.312. The summed E-state index contributed by atoms with van der Waals surface area (Å²) in [6.07, 6.45) is 0.242. The van der Waals surface area contributed by atoms with E-state index in [0.717, 1.165) is 11.1 Å². The molecule has 78 valence electrons. The molecule has 0 heterocycles. The van der Waals surface area contributed by atoms with Crippen molar-refractivity contribution in [1.29, 1.82) is 0 Å². The molecule has 1 rings (SSSR count). The molecule has 15 heavy (non-hydrogen) atoms. The smallest absolute Gasteiger partial charge is 0.310 e. The Kier molecular flexibility index (Phi) is 4.39. The van der Waals surface area contributed by atoms with E-state index in [-0.39, 0.29) is 12.4 Å². The van der Waals surface area contributed by atoms with Gasteiger partial charge in [0.15, 0.2) is 0 Å². The summed E-state index contributed by atoms with van der Waals surface area (Å²) in [5, 5.41) is 0. The third-order valence-corrected chi connectivity index (χ3v) is 1.90. The number of hydrogen-bond acceptors (Lipinski definition) is 3. The first kappa shape index (κ1) is 11.3. The van der Waals surface area contributed by atoms with Crippen molar-refractivity contribution in [3.8, 4) is 11.8 Å². The largest absolute Gasteiger partial charge is 0.469 e. The fraction of sp³-hybridized carbons (Fsp3) is 0.250. The molecule has 1 aromatic carbocycles. The molecule has 0 amide bonds. The molecule has 3 heteroatoms. The summed E-state index contributed by atoms with van der Waals surface area (Å²) in [5.41, 5.74) is 6.98. The predicted molar refractivity (Wildman–Crippen MR) is 58.1 cm³/mol. The Morgan fingerprint density at radius 1 is 1.47 bits per heavy atom. The molecule has 0 aliphatic heterocycles. The maximum absolute atomic E-state index is 11.1. The molecule has 0 atom stereocenters. The second-order valence-electron chi connectivity index (χ2n) is 2.92. The maximum atomic E-state index is 11.1. The van der Waals surface area contributed by atoms with Gasteiger partial charge < -0.3 is 10.5 Å². The molecular formula is C12H13NO2. The van der Waals surface area contributed by atoms with Crippen LogP contribution in [-0.2, 0) is 16.0 Å². The van der Waals surface area contributed by atoms with Gasteiger partial charge in [-0.15, -0.1) is 0 Å². The van der Waals surface area contributed by atoms with Gasteiger partial charge >= 0.3 is 5.97 Å². The average Bonchev–Trinajstić information content (AvgIpc) is 2.28. The lowest BCUT2D eigenvalue weighted by Gasteiger charge is -2.02. The average molecular weight is 203 g/mol. The summed E-state index contributed by atoms with van der Waals surface area (Å²) in [6, 6.07) is 7.46. The first-order valence-electron chi connectivity index (χ1n) is 4.61. The van der Waals surface area contributed by atoms with E-state index < -0.39 is 0 Å². The number of benzene rings is 1. The highest BCUT2D eigenvalue weighted by molar-refractivity contribution is 5.73. The number of methoxy groups -OCH3 is 1. The molecule has 0 aromatic heterocycles. The van der Waals surface area contributed by atoms with Crippen molar-refractivity contribution in [2.75, 3.05) is 13.7 Å². The van der Waals surface area contributed by atoms with Crippen LogP contribution in [0.4, 0.5) is 0 Å². The van der Waals surface area contributed by atoms with Gasteiger partial charge in [-0.1, -0.05) is 30.0 Å². The van der Waals surface area contributed by atoms with Crippen molar-refractivity contribution >= 4 is 5.97 Å². The first-order chi connectivity index (χ1) is 7.27. The lowest BCUT2D eigenvalue weighted by atomic mass is 10.1. The topological polar surface area (TPSA) is 52.3 Å². The highest BCUT2D eigenvalue weighted by atomic mass is 16.5. The van der Waals surface area contributed by atoms with E-state index in [9.17, 15) is 4.79 Å². The normalized spacial score (nSPS) is 8.93. The van der Waals surface area contributed by atoms with E-state index in [0.29, 0.717) is 6.54 Å². The minimum Gasteiger partial charge on any atom is -0.469 e. The van der Waals surface area contributed by atoms with E-state index in [1.807, 2.05) is 24.3 Å². The van der Waals surface area contributed by atoms with Gasteiger partial charge in [-0.2, -0.15) is 0 Å². The Morgan fingerprint density at radius 2 is 2.20 bits per heavy atom. The van der Waals surface area contributed by atoms with Crippen LogP contribution in [-0.4, -0.2) is 19.6 Å². The van der Waals surface area contributed by atoms with Gasteiger partial charge in [0.2, 0.25) is 0 Å². The second kappa shape index (κ2) is 5.84. The maximum Gasteiger partial charge on any atom is 0.310 e. The first-order valence-corrected chi connectivity index (χ1v) is 4.61. The van der Waals surface area contributed by atoms with E-state index >= 15 is 0 Å². The van der Waals surface area contributed by atoms with Crippen molar-refractivity contribution in [2.24, 2.45) is 5.73 Å². The van der Waals surface area contributed by atoms with Crippen LogP contribution >= 0.6 is 0 Å². The van der Waals surface area contributed by atoms with Crippen LogP contribution < -0.4 is 5.73 Å². The van der Waals surface area contributed by atoms with Gasteiger partial charge in [-0.05, 0) is 11.6 Å². The van der Waals surface area contributed by atoms with Gasteiger partial charge in [-0.25, -0.2) is 0 Å². The Hall–Kier alpha value is -1.79. The summed E-state index contributed by atoms with van der Waals surface area (Å²) in [4.78, 5) is 11.1. The zero-order chi connectivity index (χ0) is 11.1. The SMILES string of the molecule is COC(=O)Cc1ccccc1C#CCN. The monoisotopic (exact) mass is 203 g/mol. The molecule has 0 aliphatic rings. The molecule has 0 aliphatic carbocycles. The van der Waals surface area contributed by atoms with E-state index in [1.54, 1.807) is 0 Å². The molecular weight excluding hydrogens is 190 g/mol. The standard InChI is InChI=1S/C12H13NO2/c1-15-12(14)9-11-6-3-2-5-10(11)7-4-8-13/h2-3,5-6H,8-9,13H2,1H3. The minimum absolute atomic E-state index is 0.242. The van der Waals surface area contributed by atoms with E-state index in [4.69, 9.17) is 5.73 Å². The molecule has 0 radical (unpaired) electrons. The number of carbonyl (C=O) groups excluding carboxylic acids is 1. The van der Waals surface area contributed by atoms with Crippen molar-refractivity contribution in [3.05, 3.63) is 35.4 Å². The van der Waals surface area contributed by atoms with E-state index in [2.05, 4.69) is 16.6 Å². The molecule has 0 spiro atoms. The Bertz CT molecular complexity index is 402. The lowest BCUT2D eigenvalue weighted by molar-refractivity contribution is -0.139. The summed E-state index contributed by atoms with van der Waals surface area (Å²) in [7, 11) is 1.37. The van der Waals surface area contributed by atoms with Gasteiger partial charge in [0.05, 0.1) is 20.1 Å². The molecule has 0 fully saturated rings. The van der Waals surface area contributed by atoms with Crippen molar-refractivity contribution in [3.63, 3.8) is 0 Å². The molecule has 0 unspecified atom stereocenters. The summed E-state index contributed by atoms with van der Waals surface area (Å²) in [5.74, 6) is 5.41. The number of nitrogens with two attached hydrogens (primary N) is 1. The zero-order valence-corrected chi connectivity index (χ0v) is 8.62. The van der Waals surface area contributed by atoms with Crippen LogP contribution in [0.1, 0.15) is 11.1 Å². The van der Waals surface area contributed by atoms with Crippen LogP contribution in [0.25, 0.3) is 0 Å². The fourth-order valence-corrected chi connectivity index (χ4v) is 1.17. The number of carbonyl (C=O) groups is 1. The molecule has 0 saturated heterocycles. The number of ether oxygens (including phenoxy) is 1. The molecule has 3 nitrogen and oxygen atoms in total. The van der Waals surface area contributed by atoms with Crippen LogP contribution in [0, 0.1) is 11.8 Å². The molecule has 2 N–H and O–H groups in total. The highest BCUT2D eigenvalue weighted by Crippen LogP contribution is 2.08. The summed E-state index contributed by atoms with van der Waals surface area (Å²) < 4.78 is 4.60. The Balaban J connectivity index is 2.91. The quantitative estimate of drug-likeness (QED) is 0.569. The van der Waals surface area contributed by atoms with Gasteiger partial charge in [0.1, 0.15) is 0 Å². The number of esters is 1. The van der Waals surface area contributed by atoms with Crippen molar-refractivity contribution in [1.82, 2.24) is 0 Å². The van der Waals surface area contributed by atoms with Gasteiger partial charge in [0, 0.05) is 5.56 Å². The lowest BCUT2D eigenvalue weighted by Crippen LogP contribution is -2.05. The van der Waals surface area contributed by atoms with Gasteiger partial charge in [-0.3, -0.25) is 4.79 Å². The molecule has 0 saturated carbocycles. The third-order valence-electron chi connectivity index (χ3n) is 1.90. The number of hydrogen-bond donors (Lipinski definition) is 1. The van der Waals surface area contributed by atoms with Crippen molar-refractivity contribution in [2.45, 2.75) is 6.42 Å². The fourth-order valence-electron chi connectivity index (χ4n) is 1.17. The second-order valence-corrected chi connectivity index (χ2v) is 2.92. The van der Waals surface area contributed by atoms with Crippen LogP contribution in [0.5, 0.6) is 0 Å². The zero-order valence-electron chi connectivity index (χ0n) is 8.62. The molecule has 0 bridgehead atoms. The van der Waals surface area contributed by atoms with E-state index in [1.165, 1.54) is 7.11 Å². The highest BCUT2D eigenvalue weighted by Gasteiger charge is 2.05. The Labute approximate surface area is 89.2 Å². The summed E-state index contributed by atoms with van der Waals surface area (Å²) >= 11 is 0.